The lowest BCUT2D eigenvalue weighted by Gasteiger charge is -2.21. The van der Waals surface area contributed by atoms with E-state index < -0.39 is 11.7 Å². The SMILES string of the molecule is CC(C)(C)NC(N)=NCc1ccc(Br)cc1C(F)(F)F. The number of aliphatic imine (C=N–C) groups is 1. The van der Waals surface area contributed by atoms with E-state index in [4.69, 9.17) is 5.73 Å². The van der Waals surface area contributed by atoms with Crippen molar-refractivity contribution in [1.29, 1.82) is 0 Å². The Morgan fingerprint density at radius 2 is 1.90 bits per heavy atom. The standard InChI is InChI=1S/C13H17BrF3N3/c1-12(2,3)20-11(18)19-7-8-4-5-9(14)6-10(8)13(15,16)17/h4-6H,7H2,1-3H3,(H3,18,19,20). The van der Waals surface area contributed by atoms with Crippen LogP contribution in [0.5, 0.6) is 0 Å². The van der Waals surface area contributed by atoms with Gasteiger partial charge in [-0.3, -0.25) is 0 Å². The van der Waals surface area contributed by atoms with Crippen molar-refractivity contribution in [3.05, 3.63) is 33.8 Å². The number of hydrogen-bond donors (Lipinski definition) is 2. The zero-order chi connectivity index (χ0) is 15.6. The number of nitrogens with two attached hydrogens (primary N) is 1. The zero-order valence-electron chi connectivity index (χ0n) is 11.5. The van der Waals surface area contributed by atoms with Crippen molar-refractivity contribution >= 4 is 21.9 Å². The molecule has 1 aromatic rings. The molecule has 20 heavy (non-hydrogen) atoms. The van der Waals surface area contributed by atoms with Crippen LogP contribution >= 0.6 is 15.9 Å². The van der Waals surface area contributed by atoms with Crippen LogP contribution in [-0.4, -0.2) is 11.5 Å². The highest BCUT2D eigenvalue weighted by molar-refractivity contribution is 9.10. The second-order valence-corrected chi connectivity index (χ2v) is 6.29. The number of alkyl halides is 3. The molecule has 0 spiro atoms. The molecule has 0 unspecified atom stereocenters. The number of nitrogens with zero attached hydrogens (tertiary/aromatic N) is 1. The van der Waals surface area contributed by atoms with E-state index in [9.17, 15) is 13.2 Å². The minimum absolute atomic E-state index is 0.0827. The molecule has 0 aliphatic heterocycles. The van der Waals surface area contributed by atoms with E-state index in [1.807, 2.05) is 20.8 Å². The van der Waals surface area contributed by atoms with Crippen LogP contribution in [0.2, 0.25) is 0 Å². The van der Waals surface area contributed by atoms with Crippen LogP contribution in [-0.2, 0) is 12.7 Å². The molecule has 0 aliphatic carbocycles. The van der Waals surface area contributed by atoms with Crippen molar-refractivity contribution in [3.63, 3.8) is 0 Å². The van der Waals surface area contributed by atoms with E-state index in [2.05, 4.69) is 26.2 Å². The fraction of sp³-hybridized carbons (Fsp3) is 0.462. The van der Waals surface area contributed by atoms with Crippen LogP contribution in [0.3, 0.4) is 0 Å². The predicted octanol–water partition coefficient (Wildman–Crippen LogP) is 3.67. The van der Waals surface area contributed by atoms with Gasteiger partial charge in [-0.1, -0.05) is 22.0 Å². The zero-order valence-corrected chi connectivity index (χ0v) is 13.1. The second kappa shape index (κ2) is 6.03. The van der Waals surface area contributed by atoms with Gasteiger partial charge in [-0.2, -0.15) is 13.2 Å². The molecule has 0 heterocycles. The summed E-state index contributed by atoms with van der Waals surface area (Å²) < 4.78 is 39.1. The molecule has 0 radical (unpaired) electrons. The fourth-order valence-electron chi connectivity index (χ4n) is 1.54. The second-order valence-electron chi connectivity index (χ2n) is 5.38. The number of hydrogen-bond acceptors (Lipinski definition) is 1. The van der Waals surface area contributed by atoms with E-state index >= 15 is 0 Å². The maximum absolute atomic E-state index is 12.9. The maximum Gasteiger partial charge on any atom is 0.416 e. The summed E-state index contributed by atoms with van der Waals surface area (Å²) in [7, 11) is 0. The van der Waals surface area contributed by atoms with Gasteiger partial charge in [0.05, 0.1) is 12.1 Å². The Morgan fingerprint density at radius 1 is 1.30 bits per heavy atom. The summed E-state index contributed by atoms with van der Waals surface area (Å²) in [5.41, 5.74) is 4.73. The third-order valence-corrected chi connectivity index (χ3v) is 2.79. The van der Waals surface area contributed by atoms with Crippen molar-refractivity contribution in [3.8, 4) is 0 Å². The van der Waals surface area contributed by atoms with E-state index in [0.717, 1.165) is 6.07 Å². The van der Waals surface area contributed by atoms with Gasteiger partial charge < -0.3 is 11.1 Å². The van der Waals surface area contributed by atoms with Crippen molar-refractivity contribution in [2.45, 2.75) is 39.0 Å². The van der Waals surface area contributed by atoms with Crippen LogP contribution in [0.1, 0.15) is 31.9 Å². The fourth-order valence-corrected chi connectivity index (χ4v) is 1.91. The summed E-state index contributed by atoms with van der Waals surface area (Å²) in [6.45, 7) is 5.53. The minimum Gasteiger partial charge on any atom is -0.370 e. The maximum atomic E-state index is 12.9. The predicted molar refractivity (Wildman–Crippen MR) is 77.4 cm³/mol. The quantitative estimate of drug-likeness (QED) is 0.630. The summed E-state index contributed by atoms with van der Waals surface area (Å²) in [6.07, 6.45) is -4.42. The summed E-state index contributed by atoms with van der Waals surface area (Å²) in [6, 6.07) is 3.98. The molecule has 7 heteroatoms. The van der Waals surface area contributed by atoms with Crippen LogP contribution < -0.4 is 11.1 Å². The molecule has 112 valence electrons. The molecule has 0 saturated heterocycles. The first-order valence-corrected chi connectivity index (χ1v) is 6.72. The topological polar surface area (TPSA) is 50.4 Å². The van der Waals surface area contributed by atoms with E-state index in [1.165, 1.54) is 6.07 Å². The molecule has 0 fully saturated rings. The lowest BCUT2D eigenvalue weighted by molar-refractivity contribution is -0.138. The molecular weight excluding hydrogens is 335 g/mol. The Morgan fingerprint density at radius 3 is 2.40 bits per heavy atom. The lowest BCUT2D eigenvalue weighted by atomic mass is 10.1. The Labute approximate surface area is 124 Å². The van der Waals surface area contributed by atoms with Gasteiger partial charge in [-0.05, 0) is 38.5 Å². The highest BCUT2D eigenvalue weighted by Gasteiger charge is 2.33. The molecule has 1 rings (SSSR count). The molecule has 3 nitrogen and oxygen atoms in total. The number of benzene rings is 1. The van der Waals surface area contributed by atoms with Gasteiger partial charge in [-0.15, -0.1) is 0 Å². The molecule has 3 N–H and O–H groups in total. The average molecular weight is 352 g/mol. The Hall–Kier alpha value is -1.24. The van der Waals surface area contributed by atoms with Gasteiger partial charge in [0, 0.05) is 10.0 Å². The Bertz CT molecular complexity index is 505. The van der Waals surface area contributed by atoms with E-state index in [0.29, 0.717) is 4.47 Å². The normalized spacial score (nSPS) is 13.4. The lowest BCUT2D eigenvalue weighted by Crippen LogP contribution is -2.45. The van der Waals surface area contributed by atoms with Gasteiger partial charge in [-0.25, -0.2) is 4.99 Å². The van der Waals surface area contributed by atoms with Crippen LogP contribution in [0, 0.1) is 0 Å². The van der Waals surface area contributed by atoms with Crippen molar-refractivity contribution < 1.29 is 13.2 Å². The van der Waals surface area contributed by atoms with Crippen LogP contribution in [0.4, 0.5) is 13.2 Å². The molecule has 1 aromatic carbocycles. The Balaban J connectivity index is 2.96. The summed E-state index contributed by atoms with van der Waals surface area (Å²) >= 11 is 3.04. The minimum atomic E-state index is -4.42. The molecule has 0 amide bonds. The summed E-state index contributed by atoms with van der Waals surface area (Å²) in [4.78, 5) is 3.95. The summed E-state index contributed by atoms with van der Waals surface area (Å²) in [5.74, 6) is 0.119. The average Bonchev–Trinajstić information content (AvgIpc) is 2.23. The van der Waals surface area contributed by atoms with Crippen molar-refractivity contribution in [2.24, 2.45) is 10.7 Å². The molecular formula is C13H17BrF3N3. The van der Waals surface area contributed by atoms with Gasteiger partial charge in [0.25, 0.3) is 0 Å². The molecule has 0 aromatic heterocycles. The molecule has 0 saturated carbocycles. The molecule has 0 aliphatic rings. The van der Waals surface area contributed by atoms with Crippen molar-refractivity contribution in [1.82, 2.24) is 5.32 Å². The smallest absolute Gasteiger partial charge is 0.370 e. The molecule has 0 atom stereocenters. The first-order chi connectivity index (χ1) is 8.99. The van der Waals surface area contributed by atoms with Gasteiger partial charge >= 0.3 is 6.18 Å². The highest BCUT2D eigenvalue weighted by atomic mass is 79.9. The Kier molecular flexibility index (Phi) is 5.07. The third kappa shape index (κ3) is 5.40. The highest BCUT2D eigenvalue weighted by Crippen LogP contribution is 2.34. The van der Waals surface area contributed by atoms with Crippen LogP contribution in [0.15, 0.2) is 27.7 Å². The monoisotopic (exact) mass is 351 g/mol. The first-order valence-electron chi connectivity index (χ1n) is 5.93. The number of nitrogens with one attached hydrogen (secondary N) is 1. The number of halogens is 4. The number of guanidine groups is 1. The van der Waals surface area contributed by atoms with Gasteiger partial charge in [0.15, 0.2) is 5.96 Å². The van der Waals surface area contributed by atoms with Gasteiger partial charge in [0.2, 0.25) is 0 Å². The molecule has 0 bridgehead atoms. The van der Waals surface area contributed by atoms with Gasteiger partial charge in [0.1, 0.15) is 0 Å². The first kappa shape index (κ1) is 16.8. The van der Waals surface area contributed by atoms with E-state index in [-0.39, 0.29) is 23.6 Å². The number of rotatable bonds is 2. The largest absolute Gasteiger partial charge is 0.416 e. The third-order valence-electron chi connectivity index (χ3n) is 2.30. The van der Waals surface area contributed by atoms with Crippen LogP contribution in [0.25, 0.3) is 0 Å². The van der Waals surface area contributed by atoms with E-state index in [1.54, 1.807) is 6.07 Å². The van der Waals surface area contributed by atoms with Crippen molar-refractivity contribution in [2.75, 3.05) is 0 Å². The summed E-state index contributed by atoms with van der Waals surface area (Å²) in [5, 5.41) is 2.90.